The molecule has 0 saturated heterocycles. The first-order valence-corrected chi connectivity index (χ1v) is 5.67. The van der Waals surface area contributed by atoms with Gasteiger partial charge in [0.2, 0.25) is 0 Å². The monoisotopic (exact) mass is 270 g/mol. The molecule has 2 rings (SSSR count). The van der Waals surface area contributed by atoms with Gasteiger partial charge in [-0.2, -0.15) is 13.2 Å². The average Bonchev–Trinajstić information content (AvgIpc) is 2.34. The summed E-state index contributed by atoms with van der Waals surface area (Å²) in [6.45, 7) is -0.208. The molecule has 4 nitrogen and oxygen atoms in total. The zero-order valence-electron chi connectivity index (χ0n) is 10.3. The minimum atomic E-state index is -4.20. The molecular formula is C12H13F3N4. The van der Waals surface area contributed by atoms with Crippen molar-refractivity contribution in [1.29, 1.82) is 0 Å². The van der Waals surface area contributed by atoms with Gasteiger partial charge in [-0.05, 0) is 12.1 Å². The van der Waals surface area contributed by atoms with Crippen molar-refractivity contribution in [2.45, 2.75) is 12.6 Å². The predicted octanol–water partition coefficient (Wildman–Crippen LogP) is 2.60. The van der Waals surface area contributed by atoms with Crippen LogP contribution in [0.15, 0.2) is 24.3 Å². The van der Waals surface area contributed by atoms with E-state index in [2.05, 4.69) is 9.97 Å². The van der Waals surface area contributed by atoms with Crippen molar-refractivity contribution >= 4 is 22.7 Å². The van der Waals surface area contributed by atoms with E-state index >= 15 is 0 Å². The van der Waals surface area contributed by atoms with Gasteiger partial charge in [0.05, 0.1) is 17.5 Å². The van der Waals surface area contributed by atoms with Crippen molar-refractivity contribution < 1.29 is 13.2 Å². The highest BCUT2D eigenvalue weighted by atomic mass is 19.4. The van der Waals surface area contributed by atoms with Crippen molar-refractivity contribution in [2.75, 3.05) is 24.2 Å². The maximum absolute atomic E-state index is 12.2. The number of benzene rings is 1. The van der Waals surface area contributed by atoms with E-state index in [-0.39, 0.29) is 18.2 Å². The molecule has 1 heterocycles. The Morgan fingerprint density at radius 3 is 2.32 bits per heavy atom. The van der Waals surface area contributed by atoms with Gasteiger partial charge < -0.3 is 10.6 Å². The quantitative estimate of drug-likeness (QED) is 0.931. The number of rotatable bonds is 3. The molecule has 2 N–H and O–H groups in total. The zero-order valence-corrected chi connectivity index (χ0v) is 10.3. The summed E-state index contributed by atoms with van der Waals surface area (Å²) < 4.78 is 36.6. The molecular weight excluding hydrogens is 257 g/mol. The summed E-state index contributed by atoms with van der Waals surface area (Å²) in [4.78, 5) is 9.74. The molecule has 102 valence electrons. The fourth-order valence-electron chi connectivity index (χ4n) is 1.69. The lowest BCUT2D eigenvalue weighted by atomic mass is 10.3. The molecule has 0 atom stereocenters. The number of nitrogen functional groups attached to an aromatic ring is 1. The van der Waals surface area contributed by atoms with Crippen LogP contribution in [0.3, 0.4) is 0 Å². The van der Waals surface area contributed by atoms with E-state index in [0.29, 0.717) is 11.0 Å². The van der Waals surface area contributed by atoms with E-state index in [1.54, 1.807) is 24.3 Å². The maximum atomic E-state index is 12.2. The smallest absolute Gasteiger partial charge is 0.381 e. The highest BCUT2D eigenvalue weighted by Crippen LogP contribution is 2.24. The Kier molecular flexibility index (Phi) is 3.46. The van der Waals surface area contributed by atoms with Crippen molar-refractivity contribution in [2.24, 2.45) is 0 Å². The van der Waals surface area contributed by atoms with Gasteiger partial charge >= 0.3 is 6.18 Å². The van der Waals surface area contributed by atoms with Crippen LogP contribution >= 0.6 is 0 Å². The number of hydrogen-bond donors (Lipinski definition) is 1. The number of alkyl halides is 3. The van der Waals surface area contributed by atoms with Gasteiger partial charge in [-0.3, -0.25) is 0 Å². The molecule has 7 heteroatoms. The van der Waals surface area contributed by atoms with E-state index in [4.69, 9.17) is 5.73 Å². The highest BCUT2D eigenvalue weighted by Gasteiger charge is 2.27. The molecule has 0 aliphatic carbocycles. The van der Waals surface area contributed by atoms with Gasteiger partial charge in [0.25, 0.3) is 0 Å². The first-order valence-electron chi connectivity index (χ1n) is 5.67. The number of para-hydroxylation sites is 2. The largest absolute Gasteiger partial charge is 0.390 e. The number of fused-ring (bicyclic) bond motifs is 1. The Morgan fingerprint density at radius 2 is 1.74 bits per heavy atom. The van der Waals surface area contributed by atoms with Crippen molar-refractivity contribution in [1.82, 2.24) is 9.97 Å². The van der Waals surface area contributed by atoms with E-state index < -0.39 is 12.6 Å². The summed E-state index contributed by atoms with van der Waals surface area (Å²) in [5, 5.41) is 0. The molecule has 0 bridgehead atoms. The molecule has 0 fully saturated rings. The maximum Gasteiger partial charge on any atom is 0.390 e. The van der Waals surface area contributed by atoms with Gasteiger partial charge in [0.15, 0.2) is 11.6 Å². The van der Waals surface area contributed by atoms with Crippen LogP contribution in [-0.4, -0.2) is 29.7 Å². The third-order valence-corrected chi connectivity index (χ3v) is 2.67. The van der Waals surface area contributed by atoms with Crippen LogP contribution in [0.4, 0.5) is 24.8 Å². The minimum absolute atomic E-state index is 0.128. The SMILES string of the molecule is CN(CCC(F)(F)F)c1nc2ccccc2nc1N. The molecule has 0 saturated carbocycles. The van der Waals surface area contributed by atoms with Crippen LogP contribution in [0.1, 0.15) is 6.42 Å². The molecule has 0 amide bonds. The first-order chi connectivity index (χ1) is 8.87. The van der Waals surface area contributed by atoms with E-state index in [1.807, 2.05) is 0 Å². The third kappa shape index (κ3) is 3.24. The fourth-order valence-corrected chi connectivity index (χ4v) is 1.69. The minimum Gasteiger partial charge on any atom is -0.381 e. The number of nitrogens with zero attached hydrogens (tertiary/aromatic N) is 3. The standard InChI is InChI=1S/C12H13F3N4/c1-19(7-6-12(13,14)15)11-10(16)17-8-4-2-3-5-9(8)18-11/h2-5H,6-7H2,1H3,(H2,16,17). The Bertz CT molecular complexity index is 583. The lowest BCUT2D eigenvalue weighted by molar-refractivity contribution is -0.132. The summed E-state index contributed by atoms with van der Waals surface area (Å²) in [6.07, 6.45) is -5.12. The van der Waals surface area contributed by atoms with Gasteiger partial charge in [0, 0.05) is 13.6 Å². The molecule has 0 aliphatic rings. The lowest BCUT2D eigenvalue weighted by Gasteiger charge is -2.20. The third-order valence-electron chi connectivity index (χ3n) is 2.67. The first kappa shape index (κ1) is 13.4. The zero-order chi connectivity index (χ0) is 14.0. The highest BCUT2D eigenvalue weighted by molar-refractivity contribution is 5.79. The van der Waals surface area contributed by atoms with Crippen LogP contribution in [0, 0.1) is 0 Å². The van der Waals surface area contributed by atoms with Crippen molar-refractivity contribution in [3.8, 4) is 0 Å². The summed E-state index contributed by atoms with van der Waals surface area (Å²) in [6, 6.07) is 7.07. The number of anilines is 2. The van der Waals surface area contributed by atoms with Crippen LogP contribution in [-0.2, 0) is 0 Å². The lowest BCUT2D eigenvalue weighted by Crippen LogP contribution is -2.26. The Hall–Kier alpha value is -2.05. The second kappa shape index (κ2) is 4.91. The van der Waals surface area contributed by atoms with Crippen molar-refractivity contribution in [3.63, 3.8) is 0 Å². The van der Waals surface area contributed by atoms with Crippen molar-refractivity contribution in [3.05, 3.63) is 24.3 Å². The predicted molar refractivity (Wildman–Crippen MR) is 67.9 cm³/mol. The van der Waals surface area contributed by atoms with Gasteiger partial charge in [0.1, 0.15) is 0 Å². The molecule has 0 unspecified atom stereocenters. The second-order valence-corrected chi connectivity index (χ2v) is 4.21. The van der Waals surface area contributed by atoms with E-state index in [9.17, 15) is 13.2 Å². The Morgan fingerprint density at radius 1 is 1.16 bits per heavy atom. The molecule has 0 aliphatic heterocycles. The van der Waals surface area contributed by atoms with Crippen LogP contribution in [0.25, 0.3) is 11.0 Å². The molecule has 0 spiro atoms. The molecule has 19 heavy (non-hydrogen) atoms. The van der Waals surface area contributed by atoms with Gasteiger partial charge in [-0.15, -0.1) is 0 Å². The number of nitrogens with two attached hydrogens (primary N) is 1. The summed E-state index contributed by atoms with van der Waals surface area (Å²) >= 11 is 0. The average molecular weight is 270 g/mol. The molecule has 0 radical (unpaired) electrons. The molecule has 2 aromatic rings. The number of halogens is 3. The van der Waals surface area contributed by atoms with Crippen LogP contribution in [0.2, 0.25) is 0 Å². The Balaban J connectivity index is 2.26. The summed E-state index contributed by atoms with van der Waals surface area (Å²) in [7, 11) is 1.51. The number of hydrogen-bond acceptors (Lipinski definition) is 4. The van der Waals surface area contributed by atoms with E-state index in [1.165, 1.54) is 11.9 Å². The van der Waals surface area contributed by atoms with E-state index in [0.717, 1.165) is 0 Å². The van der Waals surface area contributed by atoms with Crippen LogP contribution < -0.4 is 10.6 Å². The van der Waals surface area contributed by atoms with Gasteiger partial charge in [-0.25, -0.2) is 9.97 Å². The normalized spacial score (nSPS) is 11.8. The Labute approximate surface area is 108 Å². The fraction of sp³-hybridized carbons (Fsp3) is 0.333. The topological polar surface area (TPSA) is 55.0 Å². The van der Waals surface area contributed by atoms with Crippen LogP contribution in [0.5, 0.6) is 0 Å². The molecule has 1 aromatic heterocycles. The summed E-state index contributed by atoms with van der Waals surface area (Å²) in [5.41, 5.74) is 6.95. The second-order valence-electron chi connectivity index (χ2n) is 4.21. The number of aromatic nitrogens is 2. The van der Waals surface area contributed by atoms with Gasteiger partial charge in [-0.1, -0.05) is 12.1 Å². The molecule has 1 aromatic carbocycles. The summed E-state index contributed by atoms with van der Waals surface area (Å²) in [5.74, 6) is 0.395.